The largest absolute Gasteiger partial charge is 0.493 e. The Bertz CT molecular complexity index is 5470. The number of halogens is 4. The Balaban J connectivity index is 0.000000149. The number of benzene rings is 9. The van der Waals surface area contributed by atoms with E-state index in [4.69, 9.17) is 51.6 Å². The van der Waals surface area contributed by atoms with Crippen LogP contribution in [-0.2, 0) is 44.5 Å². The highest BCUT2D eigenvalue weighted by Gasteiger charge is 2.37. The van der Waals surface area contributed by atoms with Crippen LogP contribution in [-0.4, -0.2) is 102 Å². The summed E-state index contributed by atoms with van der Waals surface area (Å²) in [6.45, 7) is 1.41. The quantitative estimate of drug-likeness (QED) is 0.0507. The van der Waals surface area contributed by atoms with Gasteiger partial charge in [-0.3, -0.25) is 28.5 Å². The molecule has 0 bridgehead atoms. The fourth-order valence-corrected chi connectivity index (χ4v) is 20.8. The third-order valence-electron chi connectivity index (χ3n) is 21.0. The first kappa shape index (κ1) is 82.5. The van der Waals surface area contributed by atoms with E-state index in [0.717, 1.165) is 61.0 Å². The summed E-state index contributed by atoms with van der Waals surface area (Å²) in [6, 6.07) is 55.1. The van der Waals surface area contributed by atoms with E-state index in [9.17, 15) is 44.9 Å². The number of anilines is 6. The molecule has 3 aliphatic carbocycles. The van der Waals surface area contributed by atoms with Gasteiger partial charge in [-0.25, -0.2) is 25.3 Å². The third kappa shape index (κ3) is 19.9. The number of carbonyl (C=O) groups excluding carboxylic acids is 3. The number of hydrogen-bond donors (Lipinski definition) is 3. The molecule has 3 atom stereocenters. The summed E-state index contributed by atoms with van der Waals surface area (Å²) in [4.78, 5) is 44.1. The Morgan fingerprint density at radius 3 is 1.14 bits per heavy atom. The van der Waals surface area contributed by atoms with Crippen LogP contribution in [0, 0.1) is 11.3 Å². The van der Waals surface area contributed by atoms with Crippen molar-refractivity contribution >= 4 is 137 Å². The molecule has 3 saturated carbocycles. The molecule has 596 valence electrons. The van der Waals surface area contributed by atoms with Gasteiger partial charge in [0.1, 0.15) is 20.8 Å². The van der Waals surface area contributed by atoms with Gasteiger partial charge in [-0.05, 0) is 249 Å². The number of hydrogen-bond acceptors (Lipinski definition) is 16. The number of nitrogens with one attached hydrogen (secondary N) is 3. The molecule has 15 rings (SSSR count). The minimum atomic E-state index is -3.99. The van der Waals surface area contributed by atoms with Crippen molar-refractivity contribution < 1.29 is 68.1 Å². The molecule has 9 aromatic rings. The lowest BCUT2D eigenvalue weighted by molar-refractivity contribution is -0.118. The Labute approximate surface area is 691 Å². The molecule has 3 unspecified atom stereocenters. The molecule has 3 N–H and O–H groups in total. The number of methoxy groups -OCH3 is 3. The highest BCUT2D eigenvalue weighted by molar-refractivity contribution is 9.11. The summed E-state index contributed by atoms with van der Waals surface area (Å²) in [5.41, 5.74) is 5.94. The molecule has 3 heterocycles. The van der Waals surface area contributed by atoms with Gasteiger partial charge in [0.05, 0.1) is 67.3 Å². The molecule has 29 heteroatoms. The number of amides is 3. The zero-order chi connectivity index (χ0) is 80.4. The van der Waals surface area contributed by atoms with Crippen molar-refractivity contribution in [3.8, 4) is 40.6 Å². The van der Waals surface area contributed by atoms with Crippen LogP contribution in [0.4, 0.5) is 34.1 Å². The fourth-order valence-electron chi connectivity index (χ4n) is 15.2. The number of nitrogens with zero attached hydrogens (tertiary/aromatic N) is 4. The molecule has 114 heavy (non-hydrogen) atoms. The smallest absolute Gasteiger partial charge is 0.263 e. The summed E-state index contributed by atoms with van der Waals surface area (Å²) >= 11 is 18.7. The van der Waals surface area contributed by atoms with Crippen molar-refractivity contribution in [2.45, 2.75) is 147 Å². The number of rotatable bonds is 24. The summed E-state index contributed by atoms with van der Waals surface area (Å²) < 4.78 is 122. The Morgan fingerprint density at radius 1 is 0.404 bits per heavy atom. The average Bonchev–Trinajstić information content (AvgIpc) is 1.75. The van der Waals surface area contributed by atoms with Crippen LogP contribution < -0.4 is 57.3 Å². The van der Waals surface area contributed by atoms with Crippen molar-refractivity contribution in [3.63, 3.8) is 0 Å². The van der Waals surface area contributed by atoms with Gasteiger partial charge >= 0.3 is 0 Å². The van der Waals surface area contributed by atoms with Gasteiger partial charge in [0.2, 0.25) is 17.7 Å². The topological polar surface area (TPSA) is 279 Å². The van der Waals surface area contributed by atoms with Gasteiger partial charge in [-0.2, -0.15) is 5.26 Å². The van der Waals surface area contributed by atoms with Crippen LogP contribution in [0.2, 0.25) is 10.0 Å². The average molecular weight is 1770 g/mol. The van der Waals surface area contributed by atoms with Crippen molar-refractivity contribution in [1.29, 1.82) is 5.26 Å². The maximum atomic E-state index is 13.1. The first-order valence-corrected chi connectivity index (χ1v) is 44.4. The predicted octanol–water partition coefficient (Wildman–Crippen LogP) is 18.7. The summed E-state index contributed by atoms with van der Waals surface area (Å²) in [5, 5.41) is 9.66. The Morgan fingerprint density at radius 2 is 0.772 bits per heavy atom. The second-order valence-electron chi connectivity index (χ2n) is 28.7. The molecule has 0 aromatic heterocycles. The molecular weight excluding hydrogens is 1690 g/mol. The normalized spacial score (nSPS) is 18.0. The lowest BCUT2D eigenvalue weighted by atomic mass is 9.98. The molecular formula is C85H85Br2Cl2N7O15S3. The molecule has 3 aliphatic heterocycles. The van der Waals surface area contributed by atoms with Crippen molar-refractivity contribution in [3.05, 3.63) is 229 Å². The van der Waals surface area contributed by atoms with Crippen molar-refractivity contribution in [1.82, 2.24) is 0 Å². The molecule has 9 aromatic carbocycles. The molecule has 6 fully saturated rings. The van der Waals surface area contributed by atoms with Gasteiger partial charge in [0.25, 0.3) is 30.1 Å². The number of carbonyl (C=O) groups is 3. The maximum absolute atomic E-state index is 13.1. The standard InChI is InChI=1S/C29H29N3O5S.C28H28Br2N2O5S.C28H28Cl2N2O5S/c1-36-26-14-13-20(15-27(26)37-25-10-3-4-11-25)22-16-29(33)32(19-22)24-9-6-8-23(17-24)31-38(34,35)28-12-5-2-7-21(28)18-30;1-36-25-12-9-18(13-26(25)37-23-7-2-3-8-23)19-14-28(33)32(17-19)22-6-4-5-21(16-22)31-38(34,35)27-15-20(29)10-11-24(27)30;1-36-25-11-9-18(13-26(25)37-23-7-2-3-8-23)19-14-28(33)32(17-19)22-6-4-5-21(16-22)31-38(34,35)27-12-10-20(29)15-24(27)30/h2,5-9,12-15,17,22,25,31H,3-4,10-11,16,19H2,1H3;2*4-6,9-13,15-16,19,23,31H,2-3,7-8,14,17H2,1H3. The van der Waals surface area contributed by atoms with Crippen molar-refractivity contribution in [2.24, 2.45) is 0 Å². The molecule has 3 saturated heterocycles. The molecule has 22 nitrogen and oxygen atoms in total. The number of ether oxygens (including phenoxy) is 6. The van der Waals surface area contributed by atoms with E-state index in [1.54, 1.807) is 127 Å². The first-order valence-electron chi connectivity index (χ1n) is 37.6. The molecule has 3 amide bonds. The van der Waals surface area contributed by atoms with Gasteiger partial charge in [0, 0.05) is 87.7 Å². The fraction of sp³-hybridized carbons (Fsp3) is 0.318. The minimum Gasteiger partial charge on any atom is -0.493 e. The van der Waals surface area contributed by atoms with Gasteiger partial charge < -0.3 is 43.1 Å². The molecule has 6 aliphatic rings. The van der Waals surface area contributed by atoms with E-state index < -0.39 is 30.1 Å². The van der Waals surface area contributed by atoms with Gasteiger partial charge in [-0.15, -0.1) is 0 Å². The highest BCUT2D eigenvalue weighted by Crippen LogP contribution is 2.44. The molecule has 0 spiro atoms. The summed E-state index contributed by atoms with van der Waals surface area (Å²) in [5.74, 6) is 4.01. The third-order valence-corrected chi connectivity index (χ3v) is 27.4. The second-order valence-corrected chi connectivity index (χ2v) is 36.3. The number of nitriles is 1. The zero-order valence-electron chi connectivity index (χ0n) is 62.7. The maximum Gasteiger partial charge on any atom is 0.263 e. The summed E-state index contributed by atoms with van der Waals surface area (Å²) in [7, 11) is -6.92. The van der Waals surface area contributed by atoms with Crippen LogP contribution in [0.5, 0.6) is 34.5 Å². The summed E-state index contributed by atoms with van der Waals surface area (Å²) in [6.07, 6.45) is 14.8. The minimum absolute atomic E-state index is 0.0150. The van der Waals surface area contributed by atoms with Crippen LogP contribution >= 0.6 is 55.1 Å². The highest BCUT2D eigenvalue weighted by atomic mass is 79.9. The monoisotopic (exact) mass is 1770 g/mol. The SMILES string of the molecule is COc1ccc(C2CC(=O)N(c3cccc(NS(=O)(=O)c4cc(Br)ccc4Br)c3)C2)cc1OC1CCCC1.COc1ccc(C2CC(=O)N(c3cccc(NS(=O)(=O)c4ccc(Cl)cc4Cl)c3)C2)cc1OC1CCCC1.COc1ccc(C2CC(=O)N(c3cccc(NS(=O)(=O)c4ccccc4C#N)c3)C2)cc1OC1CCCC1. The van der Waals surface area contributed by atoms with E-state index in [2.05, 4.69) is 46.0 Å². The van der Waals surface area contributed by atoms with Gasteiger partial charge in [0.15, 0.2) is 34.5 Å². The van der Waals surface area contributed by atoms with Crippen LogP contribution in [0.15, 0.2) is 212 Å². The number of sulfonamides is 3. The van der Waals surface area contributed by atoms with E-state index in [1.807, 2.05) is 66.7 Å². The predicted molar refractivity (Wildman–Crippen MR) is 448 cm³/mol. The van der Waals surface area contributed by atoms with Crippen LogP contribution in [0.25, 0.3) is 0 Å². The van der Waals surface area contributed by atoms with E-state index >= 15 is 0 Å². The van der Waals surface area contributed by atoms with E-state index in [0.29, 0.717) is 116 Å². The zero-order valence-corrected chi connectivity index (χ0v) is 69.9. The lowest BCUT2D eigenvalue weighted by Gasteiger charge is -2.20. The first-order chi connectivity index (χ1) is 54.8. The van der Waals surface area contributed by atoms with E-state index in [1.165, 1.54) is 74.9 Å². The van der Waals surface area contributed by atoms with E-state index in [-0.39, 0.29) is 79.1 Å². The van der Waals surface area contributed by atoms with Crippen molar-refractivity contribution in [2.75, 3.05) is 69.8 Å². The Kier molecular flexibility index (Phi) is 26.4. The second kappa shape index (κ2) is 36.5. The van der Waals surface area contributed by atoms with Crippen LogP contribution in [0.3, 0.4) is 0 Å². The molecule has 0 radical (unpaired) electrons. The lowest BCUT2D eigenvalue weighted by Crippen LogP contribution is -2.24. The van der Waals surface area contributed by atoms with Crippen LogP contribution in [0.1, 0.15) is 136 Å². The van der Waals surface area contributed by atoms with Gasteiger partial charge in [-0.1, -0.05) is 87.7 Å². The Hall–Kier alpha value is -9.53.